The number of carbonyl (C=O) groups is 1. The average Bonchev–Trinajstić information content (AvgIpc) is 2.42. The molecule has 2 aromatic rings. The number of hydrogen-bond donors (Lipinski definition) is 1. The van der Waals surface area contributed by atoms with Gasteiger partial charge in [0.2, 0.25) is 5.91 Å². The van der Waals surface area contributed by atoms with Gasteiger partial charge in [-0.05, 0) is 25.1 Å². The molecule has 0 radical (unpaired) electrons. The highest BCUT2D eigenvalue weighted by Gasteiger charge is 2.09. The van der Waals surface area contributed by atoms with E-state index in [9.17, 15) is 4.79 Å². The molecule has 0 aliphatic rings. The molecule has 0 aliphatic heterocycles. The van der Waals surface area contributed by atoms with E-state index in [0.717, 1.165) is 5.69 Å². The molecule has 0 saturated carbocycles. The average molecular weight is 328 g/mol. The SMILES string of the molecule is Cc1ccnc(SCC(=O)Nc2cccc(Cl)c2Cl)n1. The number of amides is 1. The predicted octanol–water partition coefficient (Wildman–Crippen LogP) is 3.82. The lowest BCUT2D eigenvalue weighted by Crippen LogP contribution is -2.14. The largest absolute Gasteiger partial charge is 0.324 e. The van der Waals surface area contributed by atoms with Crippen molar-refractivity contribution in [2.24, 2.45) is 0 Å². The first-order chi connectivity index (χ1) is 9.56. The maximum Gasteiger partial charge on any atom is 0.234 e. The number of aryl methyl sites for hydroxylation is 1. The van der Waals surface area contributed by atoms with Crippen LogP contribution in [-0.2, 0) is 4.79 Å². The Balaban J connectivity index is 1.94. The van der Waals surface area contributed by atoms with Gasteiger partial charge in [-0.1, -0.05) is 41.0 Å². The van der Waals surface area contributed by atoms with Crippen molar-refractivity contribution >= 4 is 46.6 Å². The fraction of sp³-hybridized carbons (Fsp3) is 0.154. The van der Waals surface area contributed by atoms with E-state index in [1.165, 1.54) is 11.8 Å². The topological polar surface area (TPSA) is 54.9 Å². The number of thioether (sulfide) groups is 1. The zero-order valence-electron chi connectivity index (χ0n) is 10.6. The molecule has 0 unspecified atom stereocenters. The third-order valence-corrected chi connectivity index (χ3v) is 4.01. The van der Waals surface area contributed by atoms with Gasteiger partial charge in [0, 0.05) is 11.9 Å². The van der Waals surface area contributed by atoms with Gasteiger partial charge in [-0.25, -0.2) is 9.97 Å². The van der Waals surface area contributed by atoms with Crippen LogP contribution in [0.25, 0.3) is 0 Å². The highest BCUT2D eigenvalue weighted by atomic mass is 35.5. The summed E-state index contributed by atoms with van der Waals surface area (Å²) >= 11 is 13.1. The molecule has 20 heavy (non-hydrogen) atoms. The summed E-state index contributed by atoms with van der Waals surface area (Å²) < 4.78 is 0. The van der Waals surface area contributed by atoms with Crippen molar-refractivity contribution in [1.29, 1.82) is 0 Å². The minimum absolute atomic E-state index is 0.190. The molecule has 2 rings (SSSR count). The Hall–Kier alpha value is -1.30. The first-order valence-electron chi connectivity index (χ1n) is 5.72. The van der Waals surface area contributed by atoms with Gasteiger partial charge in [0.15, 0.2) is 5.16 Å². The smallest absolute Gasteiger partial charge is 0.234 e. The fourth-order valence-corrected chi connectivity index (χ4v) is 2.44. The lowest BCUT2D eigenvalue weighted by atomic mass is 10.3. The minimum Gasteiger partial charge on any atom is -0.324 e. The number of halogens is 2. The summed E-state index contributed by atoms with van der Waals surface area (Å²) in [6, 6.07) is 6.88. The van der Waals surface area contributed by atoms with Gasteiger partial charge in [0.1, 0.15) is 0 Å². The maximum absolute atomic E-state index is 11.8. The molecule has 0 spiro atoms. The molecule has 0 bridgehead atoms. The Morgan fingerprint density at radius 3 is 2.90 bits per heavy atom. The van der Waals surface area contributed by atoms with Gasteiger partial charge in [0.05, 0.1) is 21.5 Å². The van der Waals surface area contributed by atoms with Crippen LogP contribution < -0.4 is 5.32 Å². The van der Waals surface area contributed by atoms with Crippen molar-refractivity contribution in [1.82, 2.24) is 9.97 Å². The second-order valence-electron chi connectivity index (χ2n) is 3.92. The standard InChI is InChI=1S/C13H11Cl2N3OS/c1-8-5-6-16-13(17-8)20-7-11(19)18-10-4-2-3-9(14)12(10)15/h2-6H,7H2,1H3,(H,18,19). The third kappa shape index (κ3) is 4.10. The predicted molar refractivity (Wildman–Crippen MR) is 82.6 cm³/mol. The molecule has 1 N–H and O–H groups in total. The summed E-state index contributed by atoms with van der Waals surface area (Å²) in [5.74, 6) is 0.0102. The van der Waals surface area contributed by atoms with Crippen LogP contribution in [0.3, 0.4) is 0 Å². The van der Waals surface area contributed by atoms with Crippen LogP contribution >= 0.6 is 35.0 Å². The summed E-state index contributed by atoms with van der Waals surface area (Å²) in [5.41, 5.74) is 1.36. The number of hydrogen-bond acceptors (Lipinski definition) is 4. The molecule has 1 amide bonds. The first-order valence-corrected chi connectivity index (χ1v) is 7.47. The van der Waals surface area contributed by atoms with E-state index in [4.69, 9.17) is 23.2 Å². The molecule has 7 heteroatoms. The molecule has 0 aliphatic carbocycles. The quantitative estimate of drug-likeness (QED) is 0.685. The summed E-state index contributed by atoms with van der Waals surface area (Å²) in [6.45, 7) is 1.87. The van der Waals surface area contributed by atoms with E-state index in [1.54, 1.807) is 30.5 Å². The van der Waals surface area contributed by atoms with Crippen molar-refractivity contribution in [2.75, 3.05) is 11.1 Å². The Bertz CT molecular complexity index is 637. The Morgan fingerprint density at radius 2 is 2.15 bits per heavy atom. The van der Waals surface area contributed by atoms with Crippen LogP contribution in [0.5, 0.6) is 0 Å². The van der Waals surface area contributed by atoms with Gasteiger partial charge in [0.25, 0.3) is 0 Å². The monoisotopic (exact) mass is 327 g/mol. The van der Waals surface area contributed by atoms with E-state index >= 15 is 0 Å². The highest BCUT2D eigenvalue weighted by Crippen LogP contribution is 2.29. The van der Waals surface area contributed by atoms with Crippen molar-refractivity contribution in [3.05, 3.63) is 46.2 Å². The van der Waals surface area contributed by atoms with Crippen molar-refractivity contribution in [3.63, 3.8) is 0 Å². The van der Waals surface area contributed by atoms with Gasteiger partial charge < -0.3 is 5.32 Å². The van der Waals surface area contributed by atoms with E-state index in [1.807, 2.05) is 6.92 Å². The van der Waals surface area contributed by atoms with Gasteiger partial charge in [-0.2, -0.15) is 0 Å². The molecule has 0 fully saturated rings. The van der Waals surface area contributed by atoms with Crippen LogP contribution in [0.15, 0.2) is 35.6 Å². The van der Waals surface area contributed by atoms with Crippen LogP contribution in [0.1, 0.15) is 5.69 Å². The highest BCUT2D eigenvalue weighted by molar-refractivity contribution is 7.99. The number of nitrogens with one attached hydrogen (secondary N) is 1. The third-order valence-electron chi connectivity index (χ3n) is 2.33. The lowest BCUT2D eigenvalue weighted by Gasteiger charge is -2.07. The summed E-state index contributed by atoms with van der Waals surface area (Å²) in [5, 5.41) is 4.01. The van der Waals surface area contributed by atoms with Gasteiger partial charge in [-0.3, -0.25) is 4.79 Å². The molecule has 1 aromatic heterocycles. The zero-order chi connectivity index (χ0) is 14.5. The Morgan fingerprint density at radius 1 is 1.35 bits per heavy atom. The number of aromatic nitrogens is 2. The normalized spacial score (nSPS) is 10.3. The second kappa shape index (κ2) is 6.92. The number of anilines is 1. The molecule has 104 valence electrons. The molecular formula is C13H11Cl2N3OS. The number of carbonyl (C=O) groups excluding carboxylic acids is 1. The lowest BCUT2D eigenvalue weighted by molar-refractivity contribution is -0.113. The van der Waals surface area contributed by atoms with E-state index in [2.05, 4.69) is 15.3 Å². The zero-order valence-corrected chi connectivity index (χ0v) is 12.9. The van der Waals surface area contributed by atoms with Gasteiger partial charge in [-0.15, -0.1) is 0 Å². The van der Waals surface area contributed by atoms with Crippen molar-refractivity contribution < 1.29 is 4.79 Å². The number of nitrogens with zero attached hydrogens (tertiary/aromatic N) is 2. The van der Waals surface area contributed by atoms with Crippen LogP contribution in [0.2, 0.25) is 10.0 Å². The summed E-state index contributed by atoms with van der Waals surface area (Å²) in [6.07, 6.45) is 1.66. The Labute approximate surface area is 130 Å². The second-order valence-corrected chi connectivity index (χ2v) is 5.65. The van der Waals surface area contributed by atoms with Crippen LogP contribution in [0, 0.1) is 6.92 Å². The first kappa shape index (κ1) is 15.1. The molecule has 4 nitrogen and oxygen atoms in total. The van der Waals surface area contributed by atoms with Crippen LogP contribution in [-0.4, -0.2) is 21.6 Å². The molecule has 1 aromatic carbocycles. The van der Waals surface area contributed by atoms with E-state index in [0.29, 0.717) is 20.9 Å². The Kier molecular flexibility index (Phi) is 5.23. The molecule has 1 heterocycles. The van der Waals surface area contributed by atoms with Gasteiger partial charge >= 0.3 is 0 Å². The van der Waals surface area contributed by atoms with E-state index < -0.39 is 0 Å². The fourth-order valence-electron chi connectivity index (χ4n) is 1.41. The molecule has 0 atom stereocenters. The molecular weight excluding hydrogens is 317 g/mol. The number of benzene rings is 1. The molecule has 0 saturated heterocycles. The van der Waals surface area contributed by atoms with E-state index in [-0.39, 0.29) is 11.7 Å². The summed E-state index contributed by atoms with van der Waals surface area (Å²) in [4.78, 5) is 20.1. The minimum atomic E-state index is -0.190. The summed E-state index contributed by atoms with van der Waals surface area (Å²) in [7, 11) is 0. The van der Waals surface area contributed by atoms with Crippen LogP contribution in [0.4, 0.5) is 5.69 Å². The van der Waals surface area contributed by atoms with Crippen molar-refractivity contribution in [2.45, 2.75) is 12.1 Å². The maximum atomic E-state index is 11.8. The van der Waals surface area contributed by atoms with Crippen molar-refractivity contribution in [3.8, 4) is 0 Å². The number of rotatable bonds is 4.